The lowest BCUT2D eigenvalue weighted by atomic mass is 9.93. The largest absolute Gasteiger partial charge is 0.481 e. The van der Waals surface area contributed by atoms with Gasteiger partial charge in [-0.1, -0.05) is 24.3 Å². The van der Waals surface area contributed by atoms with Crippen molar-refractivity contribution in [1.29, 1.82) is 0 Å². The molecule has 17 heavy (non-hydrogen) atoms. The van der Waals surface area contributed by atoms with Crippen LogP contribution in [0.3, 0.4) is 0 Å². The number of carboxylic acids is 1. The zero-order chi connectivity index (χ0) is 12.7. The Kier molecular flexibility index (Phi) is 5.29. The average Bonchev–Trinajstić information content (AvgIpc) is 2.30. The van der Waals surface area contributed by atoms with Crippen LogP contribution in [0.5, 0.6) is 0 Å². The second kappa shape index (κ2) is 6.75. The molecule has 0 fully saturated rings. The van der Waals surface area contributed by atoms with Gasteiger partial charge in [0.2, 0.25) is 0 Å². The summed E-state index contributed by atoms with van der Waals surface area (Å²) < 4.78 is 0. The van der Waals surface area contributed by atoms with Crippen LogP contribution in [-0.4, -0.2) is 11.1 Å². The van der Waals surface area contributed by atoms with Crippen molar-refractivity contribution < 1.29 is 9.90 Å². The van der Waals surface area contributed by atoms with E-state index in [-0.39, 0.29) is 5.92 Å². The molecule has 0 bridgehead atoms. The molecule has 1 aromatic rings. The van der Waals surface area contributed by atoms with E-state index in [1.807, 2.05) is 31.2 Å². The monoisotopic (exact) mass is 230 g/mol. The molecule has 1 aromatic carbocycles. The van der Waals surface area contributed by atoms with Crippen LogP contribution >= 0.6 is 0 Å². The second-order valence-electron chi connectivity index (χ2n) is 4.13. The third-order valence-electron chi connectivity index (χ3n) is 2.87. The molecule has 0 aliphatic heterocycles. The molecule has 2 heteroatoms. The van der Waals surface area contributed by atoms with Crippen LogP contribution in [0.4, 0.5) is 0 Å². The molecule has 1 N–H and O–H groups in total. The van der Waals surface area contributed by atoms with E-state index in [0.717, 1.165) is 11.1 Å². The van der Waals surface area contributed by atoms with Crippen LogP contribution in [0.15, 0.2) is 24.3 Å². The molecule has 2 nitrogen and oxygen atoms in total. The Morgan fingerprint density at radius 1 is 1.41 bits per heavy atom. The Morgan fingerprint density at radius 2 is 2.12 bits per heavy atom. The highest BCUT2D eigenvalue weighted by Gasteiger charge is 2.17. The third-order valence-corrected chi connectivity index (χ3v) is 2.87. The van der Waals surface area contributed by atoms with Gasteiger partial charge >= 0.3 is 5.97 Å². The molecular weight excluding hydrogens is 212 g/mol. The molecule has 0 aliphatic rings. The molecule has 0 aromatic heterocycles. The summed E-state index contributed by atoms with van der Waals surface area (Å²) in [6.07, 6.45) is 1.86. The molecule has 0 radical (unpaired) electrons. The van der Waals surface area contributed by atoms with Gasteiger partial charge in [-0.25, -0.2) is 0 Å². The molecule has 90 valence electrons. The number of hydrogen-bond acceptors (Lipinski definition) is 1. The number of rotatable bonds is 5. The third kappa shape index (κ3) is 4.32. The quantitative estimate of drug-likeness (QED) is 0.789. The summed E-state index contributed by atoms with van der Waals surface area (Å²) in [5, 5.41) is 9.18. The van der Waals surface area contributed by atoms with Gasteiger partial charge in [-0.2, -0.15) is 0 Å². The predicted octanol–water partition coefficient (Wildman–Crippen LogP) is 3.04. The molecule has 0 heterocycles. The predicted molar refractivity (Wildman–Crippen MR) is 68.7 cm³/mol. The topological polar surface area (TPSA) is 37.3 Å². The molecule has 0 saturated heterocycles. The van der Waals surface area contributed by atoms with Gasteiger partial charge < -0.3 is 5.11 Å². The van der Waals surface area contributed by atoms with Crippen LogP contribution < -0.4 is 0 Å². The van der Waals surface area contributed by atoms with Crippen molar-refractivity contribution in [2.24, 2.45) is 5.92 Å². The van der Waals surface area contributed by atoms with E-state index in [1.54, 1.807) is 6.92 Å². The van der Waals surface area contributed by atoms with Crippen molar-refractivity contribution in [3.8, 4) is 11.8 Å². The fourth-order valence-electron chi connectivity index (χ4n) is 1.79. The molecule has 1 unspecified atom stereocenters. The van der Waals surface area contributed by atoms with Gasteiger partial charge in [0.1, 0.15) is 0 Å². The van der Waals surface area contributed by atoms with Gasteiger partial charge in [0.25, 0.3) is 0 Å². The number of carboxylic acid groups (broad SMARTS) is 1. The van der Waals surface area contributed by atoms with Crippen molar-refractivity contribution in [2.45, 2.75) is 33.1 Å². The highest BCUT2D eigenvalue weighted by atomic mass is 16.4. The minimum absolute atomic E-state index is 0.336. The highest BCUT2D eigenvalue weighted by Crippen LogP contribution is 2.17. The Morgan fingerprint density at radius 3 is 2.71 bits per heavy atom. The molecule has 0 aliphatic carbocycles. The minimum atomic E-state index is -0.730. The zero-order valence-corrected chi connectivity index (χ0v) is 10.4. The van der Waals surface area contributed by atoms with Crippen LogP contribution in [0.1, 0.15) is 30.9 Å². The molecule has 0 amide bonds. The van der Waals surface area contributed by atoms with Crippen LogP contribution in [0.25, 0.3) is 0 Å². The van der Waals surface area contributed by atoms with E-state index in [9.17, 15) is 9.90 Å². The first-order chi connectivity index (χ1) is 8.15. The van der Waals surface area contributed by atoms with Gasteiger partial charge in [-0.15, -0.1) is 11.8 Å². The van der Waals surface area contributed by atoms with E-state index in [2.05, 4.69) is 11.8 Å². The van der Waals surface area contributed by atoms with Crippen molar-refractivity contribution in [3.05, 3.63) is 35.4 Å². The van der Waals surface area contributed by atoms with E-state index in [0.29, 0.717) is 19.3 Å². The van der Waals surface area contributed by atoms with Crippen molar-refractivity contribution in [1.82, 2.24) is 0 Å². The van der Waals surface area contributed by atoms with Crippen molar-refractivity contribution in [3.63, 3.8) is 0 Å². The SMILES string of the molecule is CC#CCCC(Cc1ccccc1C)C(=O)O. The average molecular weight is 230 g/mol. The lowest BCUT2D eigenvalue weighted by Crippen LogP contribution is -2.16. The molecule has 1 rings (SSSR count). The minimum Gasteiger partial charge on any atom is -0.481 e. The summed E-state index contributed by atoms with van der Waals surface area (Å²) in [6, 6.07) is 7.93. The van der Waals surface area contributed by atoms with E-state index < -0.39 is 5.97 Å². The Hall–Kier alpha value is -1.75. The maximum absolute atomic E-state index is 11.2. The number of benzene rings is 1. The van der Waals surface area contributed by atoms with Gasteiger partial charge in [-0.3, -0.25) is 4.79 Å². The summed E-state index contributed by atoms with van der Waals surface area (Å²) in [7, 11) is 0. The van der Waals surface area contributed by atoms with Gasteiger partial charge in [-0.05, 0) is 37.8 Å². The maximum Gasteiger partial charge on any atom is 0.306 e. The first-order valence-electron chi connectivity index (χ1n) is 5.82. The summed E-state index contributed by atoms with van der Waals surface area (Å²) in [5.41, 5.74) is 2.27. The second-order valence-corrected chi connectivity index (χ2v) is 4.13. The van der Waals surface area contributed by atoms with Crippen molar-refractivity contribution >= 4 is 5.97 Å². The first kappa shape index (κ1) is 13.3. The van der Waals surface area contributed by atoms with Gasteiger partial charge in [0.15, 0.2) is 0 Å². The fraction of sp³-hybridized carbons (Fsp3) is 0.400. The molecule has 1 atom stereocenters. The lowest BCUT2D eigenvalue weighted by Gasteiger charge is -2.12. The normalized spacial score (nSPS) is 11.4. The Bertz CT molecular complexity index is 438. The number of aryl methyl sites for hydroxylation is 1. The van der Waals surface area contributed by atoms with E-state index in [4.69, 9.17) is 0 Å². The van der Waals surface area contributed by atoms with E-state index in [1.165, 1.54) is 0 Å². The standard InChI is InChI=1S/C15H18O2/c1-3-4-5-10-14(15(16)17)11-13-9-7-6-8-12(13)2/h6-9,14H,5,10-11H2,1-2H3,(H,16,17). The van der Waals surface area contributed by atoms with Crippen LogP contribution in [-0.2, 0) is 11.2 Å². The zero-order valence-electron chi connectivity index (χ0n) is 10.4. The van der Waals surface area contributed by atoms with Gasteiger partial charge in [0, 0.05) is 6.42 Å². The summed E-state index contributed by atoms with van der Waals surface area (Å²) in [6.45, 7) is 3.79. The summed E-state index contributed by atoms with van der Waals surface area (Å²) >= 11 is 0. The maximum atomic E-state index is 11.2. The number of carbonyl (C=O) groups is 1. The number of hydrogen-bond donors (Lipinski definition) is 1. The Balaban J connectivity index is 2.69. The molecular formula is C15H18O2. The van der Waals surface area contributed by atoms with Gasteiger partial charge in [0.05, 0.1) is 5.92 Å². The first-order valence-corrected chi connectivity index (χ1v) is 5.82. The van der Waals surface area contributed by atoms with Crippen molar-refractivity contribution in [2.75, 3.05) is 0 Å². The summed E-state index contributed by atoms with van der Waals surface area (Å²) in [5.74, 6) is 4.65. The summed E-state index contributed by atoms with van der Waals surface area (Å²) in [4.78, 5) is 11.2. The highest BCUT2D eigenvalue weighted by molar-refractivity contribution is 5.70. The van der Waals surface area contributed by atoms with E-state index >= 15 is 0 Å². The van der Waals surface area contributed by atoms with Crippen LogP contribution in [0.2, 0.25) is 0 Å². The Labute approximate surface area is 103 Å². The molecule has 0 saturated carbocycles. The fourth-order valence-corrected chi connectivity index (χ4v) is 1.79. The van der Waals surface area contributed by atoms with Crippen LogP contribution in [0, 0.1) is 24.7 Å². The smallest absolute Gasteiger partial charge is 0.306 e. The lowest BCUT2D eigenvalue weighted by molar-refractivity contribution is -0.141. The molecule has 0 spiro atoms. The number of aliphatic carboxylic acids is 1.